The van der Waals surface area contributed by atoms with Crippen LogP contribution in [0.5, 0.6) is 0 Å². The summed E-state index contributed by atoms with van der Waals surface area (Å²) in [7, 11) is 0. The number of carbonyl (C=O) groups is 1. The zero-order valence-corrected chi connectivity index (χ0v) is 19.9. The van der Waals surface area contributed by atoms with Crippen molar-refractivity contribution in [1.29, 1.82) is 0 Å². The fraction of sp³-hybridized carbons (Fsp3) is 0.455. The predicted molar refractivity (Wildman–Crippen MR) is 121 cm³/mol. The number of hydrogen-bond acceptors (Lipinski definition) is 5. The number of amides is 1. The van der Waals surface area contributed by atoms with Crippen molar-refractivity contribution in [1.82, 2.24) is 10.2 Å². The SMILES string of the molecule is Cc1c(C(=O)NC2CCC2)sc2c1CN(C1=NOC(c3cc(Cl)cc(Cl)c3)(C(F)(F)F)C1)C2. The number of hydrogen-bond donors (Lipinski definition) is 1. The Balaban J connectivity index is 1.35. The highest BCUT2D eigenvalue weighted by Gasteiger charge is 2.63. The Morgan fingerprint density at radius 1 is 1.24 bits per heavy atom. The molecular formula is C22H20Cl2F3N3O2S. The summed E-state index contributed by atoms with van der Waals surface area (Å²) >= 11 is 13.3. The zero-order valence-electron chi connectivity index (χ0n) is 17.6. The van der Waals surface area contributed by atoms with Crippen LogP contribution < -0.4 is 5.32 Å². The molecule has 0 spiro atoms. The van der Waals surface area contributed by atoms with Gasteiger partial charge in [0, 0.05) is 33.1 Å². The fourth-order valence-corrected chi connectivity index (χ4v) is 6.17. The van der Waals surface area contributed by atoms with E-state index < -0.39 is 18.2 Å². The smallest absolute Gasteiger partial charge is 0.372 e. The number of thiophene rings is 1. The van der Waals surface area contributed by atoms with Crippen LogP contribution in [0, 0.1) is 6.92 Å². The van der Waals surface area contributed by atoms with Crippen molar-refractivity contribution in [2.24, 2.45) is 5.16 Å². The Morgan fingerprint density at radius 2 is 1.94 bits per heavy atom. The number of oxime groups is 1. The van der Waals surface area contributed by atoms with E-state index in [2.05, 4.69) is 10.5 Å². The van der Waals surface area contributed by atoms with Gasteiger partial charge >= 0.3 is 6.18 Å². The minimum absolute atomic E-state index is 0.0707. The Hall–Kier alpha value is -1.97. The summed E-state index contributed by atoms with van der Waals surface area (Å²) in [4.78, 5) is 21.1. The van der Waals surface area contributed by atoms with Crippen LogP contribution in [0.2, 0.25) is 10.0 Å². The maximum absolute atomic E-state index is 14.2. The highest BCUT2D eigenvalue weighted by Crippen LogP contribution is 2.50. The quantitative estimate of drug-likeness (QED) is 0.530. The molecule has 33 heavy (non-hydrogen) atoms. The van der Waals surface area contributed by atoms with Gasteiger partial charge in [-0.15, -0.1) is 11.3 Å². The summed E-state index contributed by atoms with van der Waals surface area (Å²) < 4.78 is 42.7. The standard InChI is InChI=1S/C22H20Cl2F3N3O2S/c1-11-16-9-30(10-17(16)33-19(11)20(31)28-15-3-2-4-15)18-8-21(32-29-18,22(25,26)27)12-5-13(23)7-14(24)6-12/h5-7,15H,2-4,8-10H2,1H3,(H,28,31). The molecular weight excluding hydrogens is 498 g/mol. The van der Waals surface area contributed by atoms with E-state index in [0.717, 1.165) is 35.3 Å². The van der Waals surface area contributed by atoms with E-state index in [1.165, 1.54) is 29.5 Å². The van der Waals surface area contributed by atoms with Crippen LogP contribution >= 0.6 is 34.5 Å². The summed E-state index contributed by atoms with van der Waals surface area (Å²) in [6.45, 7) is 2.64. The van der Waals surface area contributed by atoms with Crippen molar-refractivity contribution >= 4 is 46.3 Å². The zero-order chi connectivity index (χ0) is 23.5. The largest absolute Gasteiger partial charge is 0.435 e. The van der Waals surface area contributed by atoms with Crippen molar-refractivity contribution in [2.45, 2.75) is 63.5 Å². The van der Waals surface area contributed by atoms with Gasteiger partial charge < -0.3 is 15.1 Å². The highest BCUT2D eigenvalue weighted by atomic mass is 35.5. The monoisotopic (exact) mass is 517 g/mol. The van der Waals surface area contributed by atoms with Crippen molar-refractivity contribution in [3.05, 3.63) is 54.7 Å². The number of benzene rings is 1. The molecule has 0 radical (unpaired) electrons. The van der Waals surface area contributed by atoms with Gasteiger partial charge in [-0.05, 0) is 55.5 Å². The number of alkyl halides is 3. The maximum atomic E-state index is 14.2. The number of nitrogens with zero attached hydrogens (tertiary/aromatic N) is 2. The van der Waals surface area contributed by atoms with Crippen molar-refractivity contribution < 1.29 is 22.8 Å². The molecule has 5 rings (SSSR count). The fourth-order valence-electron chi connectivity index (χ4n) is 4.41. The molecule has 1 unspecified atom stereocenters. The molecule has 176 valence electrons. The Labute approximate surface area is 202 Å². The number of nitrogens with one attached hydrogen (secondary N) is 1. The molecule has 1 aromatic heterocycles. The summed E-state index contributed by atoms with van der Waals surface area (Å²) in [5, 5.41) is 7.07. The van der Waals surface area contributed by atoms with E-state index in [9.17, 15) is 18.0 Å². The van der Waals surface area contributed by atoms with Crippen LogP contribution in [0.1, 0.15) is 56.9 Å². The predicted octanol–water partition coefficient (Wildman–Crippen LogP) is 6.15. The van der Waals surface area contributed by atoms with Gasteiger partial charge in [0.15, 0.2) is 0 Å². The third-order valence-electron chi connectivity index (χ3n) is 6.55. The van der Waals surface area contributed by atoms with Crippen molar-refractivity contribution in [3.8, 4) is 0 Å². The maximum Gasteiger partial charge on any atom is 0.435 e. The first-order chi connectivity index (χ1) is 15.6. The Bertz CT molecular complexity index is 1140. The van der Waals surface area contributed by atoms with Crippen LogP contribution in [0.4, 0.5) is 13.2 Å². The molecule has 0 saturated heterocycles. The molecule has 1 atom stereocenters. The number of fused-ring (bicyclic) bond motifs is 1. The first kappa shape index (κ1) is 22.8. The van der Waals surface area contributed by atoms with Gasteiger partial charge in [-0.3, -0.25) is 4.79 Å². The van der Waals surface area contributed by atoms with Crippen molar-refractivity contribution in [2.75, 3.05) is 0 Å². The lowest BCUT2D eigenvalue weighted by Gasteiger charge is -2.30. The van der Waals surface area contributed by atoms with E-state index in [-0.39, 0.29) is 33.4 Å². The third kappa shape index (κ3) is 3.88. The first-order valence-electron chi connectivity index (χ1n) is 10.5. The average Bonchev–Trinajstić information content (AvgIpc) is 3.38. The van der Waals surface area contributed by atoms with Crippen LogP contribution in [-0.4, -0.2) is 28.9 Å². The topological polar surface area (TPSA) is 53.9 Å². The van der Waals surface area contributed by atoms with E-state index in [1.54, 1.807) is 4.90 Å². The first-order valence-corrected chi connectivity index (χ1v) is 12.1. The lowest BCUT2D eigenvalue weighted by Crippen LogP contribution is -2.43. The molecule has 1 amide bonds. The van der Waals surface area contributed by atoms with Crippen LogP contribution in [0.15, 0.2) is 23.4 Å². The van der Waals surface area contributed by atoms with Gasteiger partial charge in [-0.25, -0.2) is 0 Å². The molecule has 1 N–H and O–H groups in total. The number of amidine groups is 1. The molecule has 1 fully saturated rings. The molecule has 3 heterocycles. The van der Waals surface area contributed by atoms with E-state index >= 15 is 0 Å². The summed E-state index contributed by atoms with van der Waals surface area (Å²) in [6, 6.07) is 4.02. The molecule has 1 aliphatic carbocycles. The van der Waals surface area contributed by atoms with E-state index in [1.807, 2.05) is 6.92 Å². The highest BCUT2D eigenvalue weighted by molar-refractivity contribution is 7.14. The summed E-state index contributed by atoms with van der Waals surface area (Å²) in [5.41, 5.74) is -1.00. The van der Waals surface area contributed by atoms with E-state index in [4.69, 9.17) is 28.0 Å². The van der Waals surface area contributed by atoms with Gasteiger partial charge in [0.2, 0.25) is 0 Å². The van der Waals surface area contributed by atoms with Gasteiger partial charge in [-0.1, -0.05) is 28.4 Å². The van der Waals surface area contributed by atoms with Gasteiger partial charge in [0.1, 0.15) is 5.84 Å². The molecule has 2 aromatic rings. The normalized spacial score (nSPS) is 22.6. The average molecular weight is 518 g/mol. The Kier molecular flexibility index (Phi) is 5.57. The van der Waals surface area contributed by atoms with Gasteiger partial charge in [0.25, 0.3) is 11.5 Å². The molecule has 1 saturated carbocycles. The molecule has 2 aliphatic heterocycles. The van der Waals surface area contributed by atoms with Gasteiger partial charge in [-0.2, -0.15) is 13.2 Å². The third-order valence-corrected chi connectivity index (χ3v) is 8.30. The van der Waals surface area contributed by atoms with E-state index in [0.29, 0.717) is 18.0 Å². The van der Waals surface area contributed by atoms with Crippen LogP contribution in [0.25, 0.3) is 0 Å². The van der Waals surface area contributed by atoms with Gasteiger partial charge in [0.05, 0.1) is 17.8 Å². The molecule has 1 aromatic carbocycles. The molecule has 0 bridgehead atoms. The minimum Gasteiger partial charge on any atom is -0.372 e. The van der Waals surface area contributed by atoms with Crippen molar-refractivity contribution in [3.63, 3.8) is 0 Å². The number of carbonyl (C=O) groups excluding carboxylic acids is 1. The van der Waals surface area contributed by atoms with Crippen LogP contribution in [-0.2, 0) is 23.5 Å². The summed E-state index contributed by atoms with van der Waals surface area (Å²) in [5.74, 6) is 0.130. The second-order valence-corrected chi connectivity index (χ2v) is 10.7. The molecule has 5 nitrogen and oxygen atoms in total. The minimum atomic E-state index is -4.74. The second kappa shape index (κ2) is 8.06. The van der Waals surface area contributed by atoms with Crippen LogP contribution in [0.3, 0.4) is 0 Å². The number of halogens is 5. The Morgan fingerprint density at radius 3 is 2.52 bits per heavy atom. The number of rotatable bonds is 3. The molecule has 3 aliphatic rings. The molecule has 11 heteroatoms. The lowest BCUT2D eigenvalue weighted by molar-refractivity contribution is -0.275. The second-order valence-electron chi connectivity index (χ2n) is 8.67. The summed E-state index contributed by atoms with van der Waals surface area (Å²) in [6.07, 6.45) is -2.09. The lowest BCUT2D eigenvalue weighted by atomic mass is 9.89.